The summed E-state index contributed by atoms with van der Waals surface area (Å²) in [7, 11) is 0. The average molecular weight is 493 g/mol. The van der Waals surface area contributed by atoms with Gasteiger partial charge >= 0.3 is 0 Å². The van der Waals surface area contributed by atoms with Gasteiger partial charge in [-0.05, 0) is 36.8 Å². The molecule has 0 spiro atoms. The molecular formula is C30H40N2O4. The fourth-order valence-corrected chi connectivity index (χ4v) is 4.83. The number of hydrogen-bond donors (Lipinski definition) is 0. The van der Waals surface area contributed by atoms with Crippen LogP contribution in [0.1, 0.15) is 102 Å². The van der Waals surface area contributed by atoms with E-state index in [0.29, 0.717) is 24.0 Å². The van der Waals surface area contributed by atoms with Crippen LogP contribution in [0.3, 0.4) is 0 Å². The quantitative estimate of drug-likeness (QED) is 0.210. The third-order valence-corrected chi connectivity index (χ3v) is 7.04. The second-order valence-corrected chi connectivity index (χ2v) is 9.90. The van der Waals surface area contributed by atoms with E-state index < -0.39 is 0 Å². The molecule has 0 bridgehead atoms. The van der Waals surface area contributed by atoms with E-state index in [4.69, 9.17) is 0 Å². The zero-order valence-electron chi connectivity index (χ0n) is 21.9. The fraction of sp³-hybridized carbons (Fsp3) is 0.533. The van der Waals surface area contributed by atoms with Gasteiger partial charge in [-0.1, -0.05) is 89.5 Å². The Morgan fingerprint density at radius 2 is 0.944 bits per heavy atom. The maximum Gasteiger partial charge on any atom is 0.257 e. The molecule has 2 aliphatic rings. The van der Waals surface area contributed by atoms with E-state index in [1.54, 1.807) is 0 Å². The van der Waals surface area contributed by atoms with E-state index in [-0.39, 0.29) is 36.7 Å². The number of carbonyl (C=O) groups excluding carboxylic acids is 4. The summed E-state index contributed by atoms with van der Waals surface area (Å²) < 4.78 is 0. The molecule has 0 saturated heterocycles. The number of carbonyl (C=O) groups is 4. The lowest BCUT2D eigenvalue weighted by atomic mass is 10.0. The van der Waals surface area contributed by atoms with Gasteiger partial charge in [-0.2, -0.15) is 0 Å². The predicted molar refractivity (Wildman–Crippen MR) is 140 cm³/mol. The Hall–Kier alpha value is -3.02. The lowest BCUT2D eigenvalue weighted by molar-refractivity contribution is -0.139. The van der Waals surface area contributed by atoms with Crippen LogP contribution in [0.4, 0.5) is 0 Å². The van der Waals surface area contributed by atoms with Gasteiger partial charge in [0.1, 0.15) is 0 Å². The molecule has 2 aliphatic heterocycles. The molecule has 1 aromatic rings. The first-order valence-electron chi connectivity index (χ1n) is 13.7. The Balaban J connectivity index is 1.58. The molecule has 36 heavy (non-hydrogen) atoms. The molecule has 0 N–H and O–H groups in total. The minimum absolute atomic E-state index is 0.137. The predicted octanol–water partition coefficient (Wildman–Crippen LogP) is 6.00. The van der Waals surface area contributed by atoms with E-state index in [0.717, 1.165) is 49.7 Å². The highest BCUT2D eigenvalue weighted by molar-refractivity contribution is 6.16. The van der Waals surface area contributed by atoms with Gasteiger partial charge in [0, 0.05) is 23.3 Å². The summed E-state index contributed by atoms with van der Waals surface area (Å²) in [5, 5.41) is 0. The molecule has 0 atom stereocenters. The fourth-order valence-electron chi connectivity index (χ4n) is 4.83. The van der Waals surface area contributed by atoms with E-state index in [2.05, 4.69) is 13.8 Å². The van der Waals surface area contributed by atoms with Gasteiger partial charge in [0.2, 0.25) is 0 Å². The zero-order chi connectivity index (χ0) is 25.9. The van der Waals surface area contributed by atoms with E-state index in [9.17, 15) is 19.2 Å². The first-order chi connectivity index (χ1) is 17.5. The van der Waals surface area contributed by atoms with Crippen molar-refractivity contribution in [3.8, 4) is 0 Å². The molecule has 6 nitrogen and oxygen atoms in total. The van der Waals surface area contributed by atoms with Crippen molar-refractivity contribution in [3.63, 3.8) is 0 Å². The number of benzene rings is 1. The number of rotatable bonds is 16. The van der Waals surface area contributed by atoms with Gasteiger partial charge in [-0.25, -0.2) is 0 Å². The van der Waals surface area contributed by atoms with Crippen LogP contribution in [0.25, 0.3) is 0 Å². The standard InChI is InChI=1S/C30H40N2O4/c1-3-5-7-9-11-15-23-19-27(33)31(29(23)35)21-25-17-13-14-18-26(25)22-32-28(34)20-24(30(32)36)16-12-10-8-6-4-2/h13-14,17-20H,3-12,15-16,21-22H2,1-2H3. The summed E-state index contributed by atoms with van der Waals surface area (Å²) in [4.78, 5) is 53.6. The summed E-state index contributed by atoms with van der Waals surface area (Å²) in [6, 6.07) is 7.40. The topological polar surface area (TPSA) is 74.8 Å². The minimum atomic E-state index is -0.293. The van der Waals surface area contributed by atoms with Crippen molar-refractivity contribution in [3.05, 3.63) is 58.7 Å². The summed E-state index contributed by atoms with van der Waals surface area (Å²) in [6.45, 7) is 4.60. The van der Waals surface area contributed by atoms with Crippen LogP contribution < -0.4 is 0 Å². The Kier molecular flexibility index (Phi) is 10.6. The van der Waals surface area contributed by atoms with Crippen LogP contribution in [-0.2, 0) is 32.3 Å². The summed E-state index contributed by atoms with van der Waals surface area (Å²) in [6.07, 6.45) is 15.1. The Labute approximate surface area is 215 Å². The SMILES string of the molecule is CCCCCCCC1=CC(=O)N(Cc2ccccc2CN2C(=O)C=C(CCCCCCC)C2=O)C1=O. The molecule has 0 radical (unpaired) electrons. The monoisotopic (exact) mass is 492 g/mol. The normalized spacial score (nSPS) is 15.8. The number of amides is 4. The highest BCUT2D eigenvalue weighted by atomic mass is 16.2. The first-order valence-corrected chi connectivity index (χ1v) is 13.7. The van der Waals surface area contributed by atoms with Crippen LogP contribution >= 0.6 is 0 Å². The third-order valence-electron chi connectivity index (χ3n) is 7.04. The Morgan fingerprint density at radius 1 is 0.556 bits per heavy atom. The van der Waals surface area contributed by atoms with Gasteiger partial charge in [0.05, 0.1) is 13.1 Å². The van der Waals surface area contributed by atoms with Crippen LogP contribution in [0.5, 0.6) is 0 Å². The van der Waals surface area contributed by atoms with Crippen molar-refractivity contribution >= 4 is 23.6 Å². The van der Waals surface area contributed by atoms with Crippen LogP contribution in [0, 0.1) is 0 Å². The van der Waals surface area contributed by atoms with Crippen LogP contribution in [0.15, 0.2) is 47.6 Å². The number of imide groups is 2. The van der Waals surface area contributed by atoms with Crippen molar-refractivity contribution in [2.75, 3.05) is 0 Å². The average Bonchev–Trinajstić information content (AvgIpc) is 3.29. The maximum absolute atomic E-state index is 12.9. The Morgan fingerprint density at radius 3 is 1.33 bits per heavy atom. The highest BCUT2D eigenvalue weighted by Gasteiger charge is 2.33. The number of hydrogen-bond acceptors (Lipinski definition) is 4. The lowest BCUT2D eigenvalue weighted by Crippen LogP contribution is -2.33. The Bertz CT molecular complexity index is 943. The van der Waals surface area contributed by atoms with E-state index in [1.165, 1.54) is 47.6 Å². The molecule has 0 aromatic heterocycles. The molecule has 2 heterocycles. The maximum atomic E-state index is 12.9. The van der Waals surface area contributed by atoms with E-state index >= 15 is 0 Å². The molecule has 0 fully saturated rings. The molecular weight excluding hydrogens is 452 g/mol. The molecule has 0 aliphatic carbocycles. The molecule has 1 aromatic carbocycles. The second kappa shape index (κ2) is 13.9. The molecule has 0 saturated carbocycles. The zero-order valence-corrected chi connectivity index (χ0v) is 21.9. The first kappa shape index (κ1) is 27.6. The van der Waals surface area contributed by atoms with Crippen molar-refractivity contribution < 1.29 is 19.2 Å². The van der Waals surface area contributed by atoms with Gasteiger partial charge in [-0.3, -0.25) is 29.0 Å². The van der Waals surface area contributed by atoms with Gasteiger partial charge < -0.3 is 0 Å². The van der Waals surface area contributed by atoms with Crippen LogP contribution in [0.2, 0.25) is 0 Å². The molecule has 6 heteroatoms. The number of nitrogens with zero attached hydrogens (tertiary/aromatic N) is 2. The van der Waals surface area contributed by atoms with Crippen molar-refractivity contribution in [2.45, 2.75) is 104 Å². The molecule has 4 amide bonds. The number of unbranched alkanes of at least 4 members (excludes halogenated alkanes) is 8. The summed E-state index contributed by atoms with van der Waals surface area (Å²) >= 11 is 0. The van der Waals surface area contributed by atoms with Crippen molar-refractivity contribution in [1.29, 1.82) is 0 Å². The van der Waals surface area contributed by atoms with Gasteiger partial charge in [0.15, 0.2) is 0 Å². The highest BCUT2D eigenvalue weighted by Crippen LogP contribution is 2.25. The minimum Gasteiger partial charge on any atom is -0.271 e. The van der Waals surface area contributed by atoms with Gasteiger partial charge in [-0.15, -0.1) is 0 Å². The smallest absolute Gasteiger partial charge is 0.257 e. The van der Waals surface area contributed by atoms with Gasteiger partial charge in [0.25, 0.3) is 23.6 Å². The summed E-state index contributed by atoms with van der Waals surface area (Å²) in [5.74, 6) is -1.05. The molecule has 3 rings (SSSR count). The third kappa shape index (κ3) is 7.25. The largest absolute Gasteiger partial charge is 0.271 e. The van der Waals surface area contributed by atoms with Crippen molar-refractivity contribution in [2.24, 2.45) is 0 Å². The molecule has 194 valence electrons. The lowest BCUT2D eigenvalue weighted by Gasteiger charge is -2.20. The molecule has 0 unspecified atom stereocenters. The summed E-state index contributed by atoms with van der Waals surface area (Å²) in [5.41, 5.74) is 2.69. The van der Waals surface area contributed by atoms with Crippen LogP contribution in [-0.4, -0.2) is 33.4 Å². The van der Waals surface area contributed by atoms with Crippen molar-refractivity contribution in [1.82, 2.24) is 9.80 Å². The second-order valence-electron chi connectivity index (χ2n) is 9.90. The van der Waals surface area contributed by atoms with E-state index in [1.807, 2.05) is 24.3 Å².